The molecule has 0 aromatic rings. The van der Waals surface area contributed by atoms with Crippen LogP contribution in [-0.2, 0) is 0 Å². The minimum atomic E-state index is 0.553. The molecule has 0 bridgehead atoms. The fourth-order valence-corrected chi connectivity index (χ4v) is 2.78. The van der Waals surface area contributed by atoms with Crippen LogP contribution in [0.2, 0.25) is 0 Å². The molecule has 0 heterocycles. The van der Waals surface area contributed by atoms with Crippen molar-refractivity contribution in [1.82, 2.24) is 5.43 Å². The summed E-state index contributed by atoms with van der Waals surface area (Å²) in [7, 11) is 0. The van der Waals surface area contributed by atoms with E-state index in [1.165, 1.54) is 37.2 Å². The third kappa shape index (κ3) is 2.96. The van der Waals surface area contributed by atoms with E-state index in [-0.39, 0.29) is 0 Å². The summed E-state index contributed by atoms with van der Waals surface area (Å²) in [6.07, 6.45) is 5.55. The number of nitrogens with two attached hydrogens (primary N) is 1. The molecule has 1 unspecified atom stereocenters. The average Bonchev–Trinajstić information content (AvgIpc) is 2.59. The van der Waals surface area contributed by atoms with Crippen molar-refractivity contribution in [3.05, 3.63) is 0 Å². The lowest BCUT2D eigenvalue weighted by molar-refractivity contribution is 0.393. The molecule has 1 aliphatic rings. The van der Waals surface area contributed by atoms with Crippen molar-refractivity contribution >= 4 is 11.8 Å². The predicted octanol–water partition coefficient (Wildman–Crippen LogP) is 1.76. The van der Waals surface area contributed by atoms with Crippen molar-refractivity contribution in [3.63, 3.8) is 0 Å². The van der Waals surface area contributed by atoms with E-state index in [1.54, 1.807) is 0 Å². The van der Waals surface area contributed by atoms with E-state index in [2.05, 4.69) is 12.3 Å². The first-order valence-electron chi connectivity index (χ1n) is 4.92. The Hall–Kier alpha value is 0.270. The van der Waals surface area contributed by atoms with Crippen LogP contribution in [0.1, 0.15) is 32.6 Å². The first-order valence-corrected chi connectivity index (χ1v) is 6.07. The maximum atomic E-state index is 5.53. The van der Waals surface area contributed by atoms with Crippen LogP contribution in [0, 0.1) is 5.92 Å². The maximum absolute atomic E-state index is 5.53. The SMILES string of the molecule is CCSCC(NN)C1CCCC1. The second kappa shape index (κ2) is 5.84. The summed E-state index contributed by atoms with van der Waals surface area (Å²) < 4.78 is 0. The Balaban J connectivity index is 2.22. The first-order chi connectivity index (χ1) is 5.88. The highest BCUT2D eigenvalue weighted by molar-refractivity contribution is 7.99. The third-order valence-electron chi connectivity index (χ3n) is 2.68. The van der Waals surface area contributed by atoms with Gasteiger partial charge in [-0.3, -0.25) is 11.3 Å². The van der Waals surface area contributed by atoms with Crippen LogP contribution >= 0.6 is 11.8 Å². The van der Waals surface area contributed by atoms with E-state index in [0.717, 1.165) is 5.92 Å². The summed E-state index contributed by atoms with van der Waals surface area (Å²) >= 11 is 1.99. The molecule has 0 aromatic carbocycles. The Morgan fingerprint density at radius 1 is 1.50 bits per heavy atom. The van der Waals surface area contributed by atoms with E-state index in [4.69, 9.17) is 5.84 Å². The van der Waals surface area contributed by atoms with Gasteiger partial charge in [0.2, 0.25) is 0 Å². The second-order valence-corrected chi connectivity index (χ2v) is 4.80. The van der Waals surface area contributed by atoms with Crippen molar-refractivity contribution in [2.45, 2.75) is 38.6 Å². The molecule has 72 valence electrons. The number of rotatable bonds is 5. The standard InChI is InChI=1S/C9H20N2S/c1-2-12-7-9(11-10)8-5-3-4-6-8/h8-9,11H,2-7,10H2,1H3. The quantitative estimate of drug-likeness (QED) is 0.510. The number of hydrazine groups is 1. The fourth-order valence-electron chi connectivity index (χ4n) is 1.92. The molecule has 0 spiro atoms. The van der Waals surface area contributed by atoms with Crippen LogP contribution < -0.4 is 11.3 Å². The number of nitrogens with one attached hydrogen (secondary N) is 1. The summed E-state index contributed by atoms with van der Waals surface area (Å²) in [5.74, 6) is 8.75. The van der Waals surface area contributed by atoms with Crippen LogP contribution in [0.25, 0.3) is 0 Å². The molecule has 12 heavy (non-hydrogen) atoms. The van der Waals surface area contributed by atoms with E-state index >= 15 is 0 Å². The highest BCUT2D eigenvalue weighted by atomic mass is 32.2. The monoisotopic (exact) mass is 188 g/mol. The number of hydrogen-bond acceptors (Lipinski definition) is 3. The van der Waals surface area contributed by atoms with Crippen molar-refractivity contribution in [1.29, 1.82) is 0 Å². The van der Waals surface area contributed by atoms with E-state index < -0.39 is 0 Å². The van der Waals surface area contributed by atoms with E-state index in [1.807, 2.05) is 11.8 Å². The minimum absolute atomic E-state index is 0.553. The zero-order chi connectivity index (χ0) is 8.81. The zero-order valence-corrected chi connectivity index (χ0v) is 8.70. The van der Waals surface area contributed by atoms with E-state index in [9.17, 15) is 0 Å². The van der Waals surface area contributed by atoms with Gasteiger partial charge in [-0.05, 0) is 24.5 Å². The van der Waals surface area contributed by atoms with Gasteiger partial charge in [0.05, 0.1) is 0 Å². The van der Waals surface area contributed by atoms with Gasteiger partial charge in [0, 0.05) is 11.8 Å². The molecule has 3 N–H and O–H groups in total. The van der Waals surface area contributed by atoms with Gasteiger partial charge in [-0.2, -0.15) is 11.8 Å². The summed E-state index contributed by atoms with van der Waals surface area (Å²) in [5, 5.41) is 0. The Morgan fingerprint density at radius 2 is 2.17 bits per heavy atom. The van der Waals surface area contributed by atoms with Gasteiger partial charge in [-0.15, -0.1) is 0 Å². The molecular weight excluding hydrogens is 168 g/mol. The molecule has 2 nitrogen and oxygen atoms in total. The average molecular weight is 188 g/mol. The molecule has 1 saturated carbocycles. The maximum Gasteiger partial charge on any atom is 0.0329 e. The van der Waals surface area contributed by atoms with Gasteiger partial charge >= 0.3 is 0 Å². The summed E-state index contributed by atoms with van der Waals surface area (Å²) in [6, 6.07) is 0.553. The fraction of sp³-hybridized carbons (Fsp3) is 1.00. The lowest BCUT2D eigenvalue weighted by Crippen LogP contribution is -2.41. The Bertz CT molecular complexity index is 113. The lowest BCUT2D eigenvalue weighted by atomic mass is 10.0. The predicted molar refractivity (Wildman–Crippen MR) is 56.1 cm³/mol. The summed E-state index contributed by atoms with van der Waals surface area (Å²) in [6.45, 7) is 2.20. The molecule has 0 aliphatic heterocycles. The topological polar surface area (TPSA) is 38.0 Å². The highest BCUT2D eigenvalue weighted by Crippen LogP contribution is 2.28. The molecule has 0 saturated heterocycles. The molecule has 1 fully saturated rings. The van der Waals surface area contributed by atoms with Crippen LogP contribution in [0.4, 0.5) is 0 Å². The molecular formula is C9H20N2S. The molecule has 0 aromatic heterocycles. The Kier molecular flexibility index (Phi) is 5.04. The van der Waals surface area contributed by atoms with Crippen molar-refractivity contribution in [3.8, 4) is 0 Å². The van der Waals surface area contributed by atoms with Gasteiger partial charge in [-0.25, -0.2) is 0 Å². The molecule has 0 radical (unpaired) electrons. The van der Waals surface area contributed by atoms with Crippen LogP contribution in [0.5, 0.6) is 0 Å². The smallest absolute Gasteiger partial charge is 0.0329 e. The van der Waals surface area contributed by atoms with Crippen molar-refractivity contribution in [2.24, 2.45) is 11.8 Å². The van der Waals surface area contributed by atoms with Crippen molar-refractivity contribution < 1.29 is 0 Å². The van der Waals surface area contributed by atoms with E-state index in [0.29, 0.717) is 6.04 Å². The lowest BCUT2D eigenvalue weighted by Gasteiger charge is -2.21. The first kappa shape index (κ1) is 10.4. The number of hydrogen-bond donors (Lipinski definition) is 2. The van der Waals surface area contributed by atoms with Crippen LogP contribution in [0.15, 0.2) is 0 Å². The third-order valence-corrected chi connectivity index (χ3v) is 3.69. The number of thioether (sulfide) groups is 1. The van der Waals surface area contributed by atoms with Gasteiger partial charge in [0.1, 0.15) is 0 Å². The highest BCUT2D eigenvalue weighted by Gasteiger charge is 2.23. The zero-order valence-electron chi connectivity index (χ0n) is 7.88. The van der Waals surface area contributed by atoms with Crippen LogP contribution in [0.3, 0.4) is 0 Å². The molecule has 1 rings (SSSR count). The molecule has 1 aliphatic carbocycles. The van der Waals surface area contributed by atoms with Crippen molar-refractivity contribution in [2.75, 3.05) is 11.5 Å². The second-order valence-electron chi connectivity index (χ2n) is 3.48. The minimum Gasteiger partial charge on any atom is -0.271 e. The normalized spacial score (nSPS) is 21.5. The van der Waals surface area contributed by atoms with Gasteiger partial charge in [-0.1, -0.05) is 19.8 Å². The molecule has 1 atom stereocenters. The van der Waals surface area contributed by atoms with Gasteiger partial charge in [0.15, 0.2) is 0 Å². The van der Waals surface area contributed by atoms with Gasteiger partial charge in [0.25, 0.3) is 0 Å². The molecule has 3 heteroatoms. The molecule has 0 amide bonds. The van der Waals surface area contributed by atoms with Gasteiger partial charge < -0.3 is 0 Å². The largest absolute Gasteiger partial charge is 0.271 e. The summed E-state index contributed by atoms with van der Waals surface area (Å²) in [4.78, 5) is 0. The van der Waals surface area contributed by atoms with Crippen LogP contribution in [-0.4, -0.2) is 17.5 Å². The Morgan fingerprint density at radius 3 is 2.67 bits per heavy atom. The summed E-state index contributed by atoms with van der Waals surface area (Å²) in [5.41, 5.74) is 2.96. The Labute approximate surface area is 79.6 Å².